The smallest absolute Gasteiger partial charge is 0.0615 e. The quantitative estimate of drug-likeness (QED) is 0.855. The second-order valence-electron chi connectivity index (χ2n) is 5.13. The Morgan fingerprint density at radius 1 is 1.39 bits per heavy atom. The lowest BCUT2D eigenvalue weighted by Gasteiger charge is -2.21. The summed E-state index contributed by atoms with van der Waals surface area (Å²) in [4.78, 5) is 0. The number of benzene rings is 1. The summed E-state index contributed by atoms with van der Waals surface area (Å²) in [6.45, 7) is 3.01. The molecule has 2 rings (SSSR count). The molecule has 1 aliphatic carbocycles. The fraction of sp³-hybridized carbons (Fsp3) is 0.600. The summed E-state index contributed by atoms with van der Waals surface area (Å²) in [6, 6.07) is 7.25. The van der Waals surface area contributed by atoms with Gasteiger partial charge in [-0.3, -0.25) is 0 Å². The van der Waals surface area contributed by atoms with Crippen LogP contribution in [0.4, 0.5) is 0 Å². The van der Waals surface area contributed by atoms with Gasteiger partial charge in [0.2, 0.25) is 0 Å². The third-order valence-electron chi connectivity index (χ3n) is 3.58. The second kappa shape index (κ2) is 6.55. The molecule has 2 atom stereocenters. The van der Waals surface area contributed by atoms with Crippen LogP contribution in [-0.4, -0.2) is 25.8 Å². The van der Waals surface area contributed by atoms with Crippen LogP contribution in [0.1, 0.15) is 30.9 Å². The standard InChI is InChI=1S/C15H22ClNO/c1-3-4-14(10-18-2)17-15-8-11-5-6-13(16)7-12(11)9-15/h5-7,14-15,17H,3-4,8-10H2,1-2H3. The second-order valence-corrected chi connectivity index (χ2v) is 5.56. The molecule has 0 aromatic heterocycles. The van der Waals surface area contributed by atoms with E-state index in [0.29, 0.717) is 12.1 Å². The normalized spacial score (nSPS) is 19.8. The summed E-state index contributed by atoms with van der Waals surface area (Å²) >= 11 is 6.04. The molecule has 0 fully saturated rings. The highest BCUT2D eigenvalue weighted by atomic mass is 35.5. The van der Waals surface area contributed by atoms with Gasteiger partial charge in [0, 0.05) is 24.2 Å². The summed E-state index contributed by atoms with van der Waals surface area (Å²) in [7, 11) is 1.77. The fourth-order valence-corrected chi connectivity index (χ4v) is 3.00. The Bertz CT molecular complexity index is 388. The van der Waals surface area contributed by atoms with E-state index < -0.39 is 0 Å². The molecule has 0 saturated heterocycles. The molecule has 1 aliphatic rings. The van der Waals surface area contributed by atoms with Gasteiger partial charge in [-0.25, -0.2) is 0 Å². The third-order valence-corrected chi connectivity index (χ3v) is 3.81. The largest absolute Gasteiger partial charge is 0.383 e. The topological polar surface area (TPSA) is 21.3 Å². The van der Waals surface area contributed by atoms with Gasteiger partial charge in [-0.05, 0) is 42.5 Å². The van der Waals surface area contributed by atoms with E-state index in [4.69, 9.17) is 16.3 Å². The zero-order valence-corrected chi connectivity index (χ0v) is 12.0. The zero-order valence-electron chi connectivity index (χ0n) is 11.2. The number of rotatable bonds is 6. The van der Waals surface area contributed by atoms with Crippen LogP contribution in [0, 0.1) is 0 Å². The van der Waals surface area contributed by atoms with Gasteiger partial charge in [-0.1, -0.05) is 31.0 Å². The van der Waals surface area contributed by atoms with Crippen LogP contribution in [-0.2, 0) is 17.6 Å². The van der Waals surface area contributed by atoms with E-state index in [1.165, 1.54) is 24.0 Å². The Balaban J connectivity index is 1.93. The molecule has 3 heteroatoms. The molecule has 0 spiro atoms. The molecule has 0 bridgehead atoms. The lowest BCUT2D eigenvalue weighted by Crippen LogP contribution is -2.41. The maximum Gasteiger partial charge on any atom is 0.0615 e. The van der Waals surface area contributed by atoms with Crippen LogP contribution in [0.15, 0.2) is 18.2 Å². The van der Waals surface area contributed by atoms with Gasteiger partial charge in [0.05, 0.1) is 6.61 Å². The minimum Gasteiger partial charge on any atom is -0.383 e. The number of nitrogens with one attached hydrogen (secondary N) is 1. The molecule has 0 aliphatic heterocycles. The van der Waals surface area contributed by atoms with Crippen molar-refractivity contribution in [3.8, 4) is 0 Å². The van der Waals surface area contributed by atoms with E-state index in [1.54, 1.807) is 7.11 Å². The monoisotopic (exact) mass is 267 g/mol. The van der Waals surface area contributed by atoms with Gasteiger partial charge in [-0.15, -0.1) is 0 Å². The van der Waals surface area contributed by atoms with E-state index in [9.17, 15) is 0 Å². The molecule has 1 aromatic carbocycles. The minimum absolute atomic E-state index is 0.467. The minimum atomic E-state index is 0.467. The van der Waals surface area contributed by atoms with Crippen molar-refractivity contribution in [2.75, 3.05) is 13.7 Å². The lowest BCUT2D eigenvalue weighted by molar-refractivity contribution is 0.156. The SMILES string of the molecule is CCCC(COC)NC1Cc2ccc(Cl)cc2C1. The highest BCUT2D eigenvalue weighted by molar-refractivity contribution is 6.30. The maximum atomic E-state index is 6.04. The van der Waals surface area contributed by atoms with Gasteiger partial charge in [0.25, 0.3) is 0 Å². The average Bonchev–Trinajstić information content (AvgIpc) is 2.71. The number of hydrogen-bond donors (Lipinski definition) is 1. The number of ether oxygens (including phenoxy) is 1. The van der Waals surface area contributed by atoms with Crippen molar-refractivity contribution in [1.29, 1.82) is 0 Å². The Kier molecular flexibility index (Phi) is 5.04. The number of methoxy groups -OCH3 is 1. The summed E-state index contributed by atoms with van der Waals surface area (Å²) in [5.74, 6) is 0. The Hall–Kier alpha value is -0.570. The number of halogens is 1. The molecule has 0 saturated carbocycles. The highest BCUT2D eigenvalue weighted by Crippen LogP contribution is 2.25. The van der Waals surface area contributed by atoms with Crippen LogP contribution >= 0.6 is 11.6 Å². The van der Waals surface area contributed by atoms with Gasteiger partial charge in [0.1, 0.15) is 0 Å². The Morgan fingerprint density at radius 2 is 2.17 bits per heavy atom. The summed E-state index contributed by atoms with van der Waals surface area (Å²) < 4.78 is 5.28. The van der Waals surface area contributed by atoms with E-state index >= 15 is 0 Å². The van der Waals surface area contributed by atoms with E-state index in [1.807, 2.05) is 6.07 Å². The summed E-state index contributed by atoms with van der Waals surface area (Å²) in [5, 5.41) is 4.56. The predicted molar refractivity (Wildman–Crippen MR) is 76.4 cm³/mol. The summed E-state index contributed by atoms with van der Waals surface area (Å²) in [5.41, 5.74) is 2.83. The van der Waals surface area contributed by atoms with Crippen molar-refractivity contribution >= 4 is 11.6 Å². The first-order valence-corrected chi connectivity index (χ1v) is 7.13. The lowest BCUT2D eigenvalue weighted by atomic mass is 10.1. The number of hydrogen-bond acceptors (Lipinski definition) is 2. The maximum absolute atomic E-state index is 6.04. The molecule has 1 aromatic rings. The van der Waals surface area contributed by atoms with Crippen molar-refractivity contribution in [2.24, 2.45) is 0 Å². The third kappa shape index (κ3) is 3.47. The predicted octanol–water partition coefficient (Wildman–Crippen LogP) is 3.21. The average molecular weight is 268 g/mol. The van der Waals surface area contributed by atoms with E-state index in [-0.39, 0.29) is 0 Å². The van der Waals surface area contributed by atoms with Crippen molar-refractivity contribution in [1.82, 2.24) is 5.32 Å². The molecular weight excluding hydrogens is 246 g/mol. The molecule has 0 radical (unpaired) electrons. The van der Waals surface area contributed by atoms with Crippen molar-refractivity contribution in [3.05, 3.63) is 34.3 Å². The van der Waals surface area contributed by atoms with E-state index in [2.05, 4.69) is 24.4 Å². The Labute approximate surface area is 115 Å². The molecule has 0 amide bonds. The molecule has 0 heterocycles. The molecule has 1 N–H and O–H groups in total. The van der Waals surface area contributed by atoms with Gasteiger partial charge in [0.15, 0.2) is 0 Å². The molecule has 18 heavy (non-hydrogen) atoms. The van der Waals surface area contributed by atoms with Crippen LogP contribution in [0.5, 0.6) is 0 Å². The van der Waals surface area contributed by atoms with Gasteiger partial charge >= 0.3 is 0 Å². The van der Waals surface area contributed by atoms with Crippen molar-refractivity contribution in [2.45, 2.75) is 44.7 Å². The molecule has 100 valence electrons. The summed E-state index contributed by atoms with van der Waals surface area (Å²) in [6.07, 6.45) is 4.55. The van der Waals surface area contributed by atoms with Crippen molar-refractivity contribution in [3.63, 3.8) is 0 Å². The first-order valence-electron chi connectivity index (χ1n) is 6.75. The van der Waals surface area contributed by atoms with Gasteiger partial charge < -0.3 is 10.1 Å². The van der Waals surface area contributed by atoms with Crippen LogP contribution in [0.3, 0.4) is 0 Å². The van der Waals surface area contributed by atoms with Crippen LogP contribution in [0.2, 0.25) is 5.02 Å². The number of fused-ring (bicyclic) bond motifs is 1. The Morgan fingerprint density at radius 3 is 2.89 bits per heavy atom. The van der Waals surface area contributed by atoms with E-state index in [0.717, 1.165) is 24.5 Å². The van der Waals surface area contributed by atoms with Crippen molar-refractivity contribution < 1.29 is 4.74 Å². The molecule has 2 nitrogen and oxygen atoms in total. The first-order chi connectivity index (χ1) is 8.72. The van der Waals surface area contributed by atoms with Crippen LogP contribution < -0.4 is 5.32 Å². The fourth-order valence-electron chi connectivity index (χ4n) is 2.80. The molecular formula is C15H22ClNO. The van der Waals surface area contributed by atoms with Gasteiger partial charge in [-0.2, -0.15) is 0 Å². The highest BCUT2D eigenvalue weighted by Gasteiger charge is 2.23. The zero-order chi connectivity index (χ0) is 13.0. The first kappa shape index (κ1) is 13.9. The molecule has 2 unspecified atom stereocenters. The van der Waals surface area contributed by atoms with Crippen LogP contribution in [0.25, 0.3) is 0 Å².